The van der Waals surface area contributed by atoms with Gasteiger partial charge in [-0.2, -0.15) is 0 Å². The zero-order valence-electron chi connectivity index (χ0n) is 17.2. The third-order valence-electron chi connectivity index (χ3n) is 4.39. The molecule has 2 aromatic carbocycles. The molecule has 0 radical (unpaired) electrons. The van der Waals surface area contributed by atoms with Crippen molar-refractivity contribution < 1.29 is 38.1 Å². The maximum Gasteiger partial charge on any atom is 0.325 e. The van der Waals surface area contributed by atoms with Crippen LogP contribution in [0.15, 0.2) is 42.2 Å². The first-order valence-electron chi connectivity index (χ1n) is 9.22. The molecule has 0 aromatic heterocycles. The predicted molar refractivity (Wildman–Crippen MR) is 109 cm³/mol. The number of benzene rings is 2. The Kier molecular flexibility index (Phi) is 6.76. The van der Waals surface area contributed by atoms with E-state index in [0.29, 0.717) is 34.1 Å². The molecule has 9 heteroatoms. The van der Waals surface area contributed by atoms with E-state index in [0.717, 1.165) is 0 Å². The normalized spacial score (nSPS) is 13.3. The number of para-hydroxylation sites is 1. The Morgan fingerprint density at radius 1 is 1.10 bits per heavy atom. The summed E-state index contributed by atoms with van der Waals surface area (Å²) in [5.74, 6) is 0.425. The molecule has 31 heavy (non-hydrogen) atoms. The molecule has 9 nitrogen and oxygen atoms in total. The first-order chi connectivity index (χ1) is 15.0. The van der Waals surface area contributed by atoms with Crippen LogP contribution in [0.4, 0.5) is 0 Å². The summed E-state index contributed by atoms with van der Waals surface area (Å²) < 4.78 is 26.2. The van der Waals surface area contributed by atoms with Gasteiger partial charge in [-0.15, -0.1) is 0 Å². The quantitative estimate of drug-likeness (QED) is 0.503. The lowest BCUT2D eigenvalue weighted by atomic mass is 10.1. The molecule has 0 saturated carbocycles. The van der Waals surface area contributed by atoms with Gasteiger partial charge < -0.3 is 29.0 Å². The predicted octanol–water partition coefficient (Wildman–Crippen LogP) is 1.99. The highest BCUT2D eigenvalue weighted by molar-refractivity contribution is 6.14. The number of hydrogen-bond acceptors (Lipinski definition) is 8. The van der Waals surface area contributed by atoms with Crippen molar-refractivity contribution in [2.24, 2.45) is 0 Å². The van der Waals surface area contributed by atoms with Crippen LogP contribution in [0.5, 0.6) is 23.0 Å². The van der Waals surface area contributed by atoms with E-state index in [1.807, 2.05) is 0 Å². The summed E-state index contributed by atoms with van der Waals surface area (Å²) in [6.45, 7) is -0.560. The summed E-state index contributed by atoms with van der Waals surface area (Å²) in [5, 5.41) is 2.36. The molecule has 0 spiro atoms. The smallest absolute Gasteiger partial charge is 0.325 e. The van der Waals surface area contributed by atoms with Crippen molar-refractivity contribution in [3.63, 3.8) is 0 Å². The molecule has 0 fully saturated rings. The lowest BCUT2D eigenvalue weighted by Crippen LogP contribution is -2.33. The lowest BCUT2D eigenvalue weighted by molar-refractivity contribution is -0.141. The Bertz CT molecular complexity index is 1040. The van der Waals surface area contributed by atoms with Gasteiger partial charge in [0.15, 0.2) is 23.9 Å². The molecule has 162 valence electrons. The van der Waals surface area contributed by atoms with Crippen LogP contribution < -0.4 is 24.3 Å². The van der Waals surface area contributed by atoms with E-state index in [1.165, 1.54) is 27.4 Å². The van der Waals surface area contributed by atoms with Gasteiger partial charge in [0.1, 0.15) is 18.0 Å². The number of methoxy groups -OCH3 is 3. The van der Waals surface area contributed by atoms with Gasteiger partial charge in [0, 0.05) is 11.6 Å². The van der Waals surface area contributed by atoms with Gasteiger partial charge in [-0.25, -0.2) is 0 Å². The Balaban J connectivity index is 1.71. The number of hydrogen-bond donors (Lipinski definition) is 1. The van der Waals surface area contributed by atoms with Crippen molar-refractivity contribution in [3.8, 4) is 23.0 Å². The number of allylic oxidation sites excluding steroid dienone is 1. The van der Waals surface area contributed by atoms with Crippen LogP contribution in [0.1, 0.15) is 15.9 Å². The summed E-state index contributed by atoms with van der Waals surface area (Å²) in [4.78, 5) is 35.5. The molecule has 1 amide bonds. The Morgan fingerprint density at radius 2 is 1.90 bits per heavy atom. The summed E-state index contributed by atoms with van der Waals surface area (Å²) in [5.41, 5.74) is 0.993. The zero-order chi connectivity index (χ0) is 22.4. The van der Waals surface area contributed by atoms with Crippen molar-refractivity contribution in [1.29, 1.82) is 0 Å². The van der Waals surface area contributed by atoms with Crippen LogP contribution in [0, 0.1) is 0 Å². The van der Waals surface area contributed by atoms with Crippen LogP contribution in [0.3, 0.4) is 0 Å². The summed E-state index contributed by atoms with van der Waals surface area (Å²) in [6.07, 6.45) is 1.57. The van der Waals surface area contributed by atoms with Gasteiger partial charge in [0.25, 0.3) is 5.91 Å². The number of nitrogens with one attached hydrogen (secondary N) is 1. The molecule has 2 aromatic rings. The lowest BCUT2D eigenvalue weighted by Gasteiger charge is -2.10. The third kappa shape index (κ3) is 4.95. The van der Waals surface area contributed by atoms with E-state index >= 15 is 0 Å². The number of carbonyl (C=O) groups excluding carboxylic acids is 3. The van der Waals surface area contributed by atoms with Crippen LogP contribution in [-0.4, -0.2) is 52.1 Å². The fourth-order valence-electron chi connectivity index (χ4n) is 2.87. The van der Waals surface area contributed by atoms with Crippen LogP contribution in [0.25, 0.3) is 6.08 Å². The molecule has 0 aliphatic carbocycles. The molecule has 0 unspecified atom stereocenters. The molecule has 0 saturated heterocycles. The summed E-state index contributed by atoms with van der Waals surface area (Å²) >= 11 is 0. The molecule has 1 N–H and O–H groups in total. The number of esters is 1. The van der Waals surface area contributed by atoms with Gasteiger partial charge in [0.05, 0.1) is 26.9 Å². The Hall–Kier alpha value is -4.01. The van der Waals surface area contributed by atoms with Crippen molar-refractivity contribution in [2.45, 2.75) is 0 Å². The summed E-state index contributed by atoms with van der Waals surface area (Å²) in [6, 6.07) is 9.93. The minimum atomic E-state index is -0.565. The van der Waals surface area contributed by atoms with Gasteiger partial charge in [-0.1, -0.05) is 12.1 Å². The van der Waals surface area contributed by atoms with Crippen LogP contribution in [0.2, 0.25) is 0 Å². The van der Waals surface area contributed by atoms with Gasteiger partial charge in [-0.3, -0.25) is 14.4 Å². The van der Waals surface area contributed by atoms with E-state index < -0.39 is 11.9 Å². The van der Waals surface area contributed by atoms with Gasteiger partial charge >= 0.3 is 5.97 Å². The second kappa shape index (κ2) is 9.66. The molecular weight excluding hydrogens is 406 g/mol. The zero-order valence-corrected chi connectivity index (χ0v) is 17.2. The maximum absolute atomic E-state index is 12.7. The molecular formula is C22H21NO8. The standard InChI is InChI=1S/C22H21NO8/c1-27-16-6-4-5-13(22(16)29-3)9-18-21(26)15-8-7-14(10-17(15)31-18)30-12-19(24)23-11-20(25)28-2/h4-10H,11-12H2,1-3H3,(H,23,24). The Labute approximate surface area is 178 Å². The largest absolute Gasteiger partial charge is 0.493 e. The van der Waals surface area contributed by atoms with Crippen molar-refractivity contribution in [1.82, 2.24) is 5.32 Å². The fraction of sp³-hybridized carbons (Fsp3) is 0.227. The Morgan fingerprint density at radius 3 is 2.61 bits per heavy atom. The SMILES string of the molecule is COC(=O)CNC(=O)COc1ccc2c(c1)OC(=Cc1cccc(OC)c1OC)C2=O. The average molecular weight is 427 g/mol. The number of amides is 1. The minimum Gasteiger partial charge on any atom is -0.493 e. The maximum atomic E-state index is 12.7. The van der Waals surface area contributed by atoms with E-state index in [1.54, 1.807) is 36.4 Å². The van der Waals surface area contributed by atoms with Crippen molar-refractivity contribution >= 4 is 23.7 Å². The molecule has 0 atom stereocenters. The number of ether oxygens (including phenoxy) is 5. The minimum absolute atomic E-state index is 0.120. The van der Waals surface area contributed by atoms with E-state index in [9.17, 15) is 14.4 Å². The third-order valence-corrected chi connectivity index (χ3v) is 4.39. The molecule has 1 aliphatic heterocycles. The topological polar surface area (TPSA) is 109 Å². The van der Waals surface area contributed by atoms with E-state index in [-0.39, 0.29) is 24.7 Å². The van der Waals surface area contributed by atoms with Gasteiger partial charge in [0.2, 0.25) is 5.78 Å². The number of fused-ring (bicyclic) bond motifs is 1. The average Bonchev–Trinajstić information content (AvgIpc) is 3.10. The van der Waals surface area contributed by atoms with E-state index in [4.69, 9.17) is 18.9 Å². The highest BCUT2D eigenvalue weighted by Gasteiger charge is 2.28. The highest BCUT2D eigenvalue weighted by Crippen LogP contribution is 2.37. The van der Waals surface area contributed by atoms with E-state index in [2.05, 4.69) is 10.1 Å². The molecule has 1 aliphatic rings. The molecule has 0 bridgehead atoms. The second-order valence-corrected chi connectivity index (χ2v) is 6.32. The van der Waals surface area contributed by atoms with Crippen LogP contribution >= 0.6 is 0 Å². The number of carbonyl (C=O) groups is 3. The van der Waals surface area contributed by atoms with Gasteiger partial charge in [-0.05, 0) is 24.3 Å². The monoisotopic (exact) mass is 427 g/mol. The second-order valence-electron chi connectivity index (χ2n) is 6.32. The van der Waals surface area contributed by atoms with Crippen molar-refractivity contribution in [2.75, 3.05) is 34.5 Å². The highest BCUT2D eigenvalue weighted by atomic mass is 16.5. The number of Topliss-reactive ketones (excluding diaryl/α,β-unsaturated/α-hetero) is 1. The first kappa shape index (κ1) is 21.7. The van der Waals surface area contributed by atoms with Crippen LogP contribution in [-0.2, 0) is 14.3 Å². The molecule has 1 heterocycles. The van der Waals surface area contributed by atoms with Crippen molar-refractivity contribution in [3.05, 3.63) is 53.3 Å². The number of ketones is 1. The summed E-state index contributed by atoms with van der Waals surface area (Å²) in [7, 11) is 4.26. The number of rotatable bonds is 8. The fourth-order valence-corrected chi connectivity index (χ4v) is 2.87. The molecule has 3 rings (SSSR count). The first-order valence-corrected chi connectivity index (χ1v) is 9.22.